The Hall–Kier alpha value is -0.370. The summed E-state index contributed by atoms with van der Waals surface area (Å²) in [6.45, 7) is 3.37. The van der Waals surface area contributed by atoms with Gasteiger partial charge in [0.1, 0.15) is 0 Å². The molecule has 0 aliphatic carbocycles. The van der Waals surface area contributed by atoms with Gasteiger partial charge in [-0.1, -0.05) is 29.3 Å². The summed E-state index contributed by atoms with van der Waals surface area (Å²) in [4.78, 5) is 2.26. The van der Waals surface area contributed by atoms with Crippen LogP contribution < -0.4 is 0 Å². The molecule has 8 heteroatoms. The van der Waals surface area contributed by atoms with Gasteiger partial charge >= 0.3 is 0 Å². The minimum absolute atomic E-state index is 0.523. The SMILES string of the molecule is CN(C)S(=O)(=O)N1CCN(CCc2ccc(Cl)cc2Cl)CC1. The molecule has 0 N–H and O–H groups in total. The van der Waals surface area contributed by atoms with Crippen molar-refractivity contribution in [3.63, 3.8) is 0 Å². The Morgan fingerprint density at radius 2 is 1.77 bits per heavy atom. The predicted molar refractivity (Wildman–Crippen MR) is 90.8 cm³/mol. The zero-order valence-corrected chi connectivity index (χ0v) is 15.1. The first-order valence-corrected chi connectivity index (χ1v) is 9.30. The largest absolute Gasteiger partial charge is 0.300 e. The molecule has 1 fully saturated rings. The second-order valence-corrected chi connectivity index (χ2v) is 8.50. The van der Waals surface area contributed by atoms with Crippen molar-refractivity contribution in [3.8, 4) is 0 Å². The molecule has 0 unspecified atom stereocenters. The molecule has 1 aromatic rings. The van der Waals surface area contributed by atoms with Crippen LogP contribution in [-0.2, 0) is 16.6 Å². The van der Waals surface area contributed by atoms with Gasteiger partial charge < -0.3 is 4.90 Å². The quantitative estimate of drug-likeness (QED) is 0.800. The second-order valence-electron chi connectivity index (χ2n) is 5.52. The molecule has 5 nitrogen and oxygen atoms in total. The van der Waals surface area contributed by atoms with E-state index in [2.05, 4.69) is 4.90 Å². The molecular weight excluding hydrogens is 345 g/mol. The second kappa shape index (κ2) is 7.47. The standard InChI is InChI=1S/C14H21Cl2N3O2S/c1-17(2)22(20,21)19-9-7-18(8-10-19)6-5-12-3-4-13(15)11-14(12)16/h3-4,11H,5-10H2,1-2H3. The highest BCUT2D eigenvalue weighted by atomic mass is 35.5. The van der Waals surface area contributed by atoms with E-state index in [9.17, 15) is 8.42 Å². The van der Waals surface area contributed by atoms with Crippen molar-refractivity contribution in [3.05, 3.63) is 33.8 Å². The Morgan fingerprint density at radius 3 is 2.32 bits per heavy atom. The number of nitrogens with zero attached hydrogens (tertiary/aromatic N) is 3. The molecule has 0 amide bonds. The van der Waals surface area contributed by atoms with Gasteiger partial charge in [-0.05, 0) is 24.1 Å². The van der Waals surface area contributed by atoms with E-state index < -0.39 is 10.2 Å². The molecule has 2 rings (SSSR count). The molecule has 0 saturated carbocycles. The van der Waals surface area contributed by atoms with Gasteiger partial charge in [0.15, 0.2) is 0 Å². The fraction of sp³-hybridized carbons (Fsp3) is 0.571. The van der Waals surface area contributed by atoms with Gasteiger partial charge in [0.05, 0.1) is 0 Å². The number of benzene rings is 1. The molecular formula is C14H21Cl2N3O2S. The van der Waals surface area contributed by atoms with Crippen LogP contribution in [0.2, 0.25) is 10.0 Å². The summed E-state index contributed by atoms with van der Waals surface area (Å²) in [5.41, 5.74) is 1.06. The summed E-state index contributed by atoms with van der Waals surface area (Å²) in [6.07, 6.45) is 0.830. The van der Waals surface area contributed by atoms with E-state index in [0.717, 1.165) is 31.6 Å². The molecule has 0 atom stereocenters. The van der Waals surface area contributed by atoms with Crippen LogP contribution in [0.15, 0.2) is 18.2 Å². The van der Waals surface area contributed by atoms with Crippen LogP contribution in [0.3, 0.4) is 0 Å². The van der Waals surface area contributed by atoms with Gasteiger partial charge in [0.25, 0.3) is 10.2 Å². The molecule has 0 aromatic heterocycles. The van der Waals surface area contributed by atoms with Crippen LogP contribution in [0, 0.1) is 0 Å². The zero-order chi connectivity index (χ0) is 16.3. The van der Waals surface area contributed by atoms with Gasteiger partial charge in [-0.2, -0.15) is 17.0 Å². The Bertz CT molecular complexity index is 615. The average Bonchev–Trinajstić information content (AvgIpc) is 2.46. The molecule has 1 aliphatic rings. The Morgan fingerprint density at radius 1 is 1.14 bits per heavy atom. The lowest BCUT2D eigenvalue weighted by Gasteiger charge is -2.35. The third-order valence-electron chi connectivity index (χ3n) is 3.83. The molecule has 0 bridgehead atoms. The highest BCUT2D eigenvalue weighted by Gasteiger charge is 2.28. The highest BCUT2D eigenvalue weighted by molar-refractivity contribution is 7.86. The van der Waals surface area contributed by atoms with E-state index in [1.807, 2.05) is 12.1 Å². The van der Waals surface area contributed by atoms with Gasteiger partial charge in [-0.3, -0.25) is 0 Å². The summed E-state index contributed by atoms with van der Waals surface area (Å²) in [5, 5.41) is 1.32. The third kappa shape index (κ3) is 4.34. The topological polar surface area (TPSA) is 43.9 Å². The fourth-order valence-corrected chi connectivity index (χ4v) is 4.01. The first-order chi connectivity index (χ1) is 10.3. The maximum atomic E-state index is 12.1. The zero-order valence-electron chi connectivity index (χ0n) is 12.8. The van der Waals surface area contributed by atoms with Crippen LogP contribution in [0.4, 0.5) is 0 Å². The molecule has 1 saturated heterocycles. The monoisotopic (exact) mass is 365 g/mol. The van der Waals surface area contributed by atoms with Gasteiger partial charge in [0, 0.05) is 56.9 Å². The van der Waals surface area contributed by atoms with Gasteiger partial charge in [-0.25, -0.2) is 0 Å². The first kappa shape index (κ1) is 18.0. The number of hydrogen-bond donors (Lipinski definition) is 0. The van der Waals surface area contributed by atoms with Gasteiger partial charge in [0.2, 0.25) is 0 Å². The van der Waals surface area contributed by atoms with E-state index in [0.29, 0.717) is 23.1 Å². The number of halogens is 2. The fourth-order valence-electron chi connectivity index (χ4n) is 2.42. The van der Waals surface area contributed by atoms with Crippen LogP contribution in [0.5, 0.6) is 0 Å². The molecule has 1 aromatic carbocycles. The van der Waals surface area contributed by atoms with Crippen LogP contribution in [-0.4, -0.2) is 68.7 Å². The molecule has 22 heavy (non-hydrogen) atoms. The normalized spacial score (nSPS) is 18.0. The lowest BCUT2D eigenvalue weighted by atomic mass is 10.1. The third-order valence-corrected chi connectivity index (χ3v) is 6.36. The maximum Gasteiger partial charge on any atom is 0.281 e. The molecule has 1 aliphatic heterocycles. The average molecular weight is 366 g/mol. The number of hydrogen-bond acceptors (Lipinski definition) is 3. The van der Waals surface area contributed by atoms with Crippen molar-refractivity contribution in [2.45, 2.75) is 6.42 Å². The van der Waals surface area contributed by atoms with E-state index in [4.69, 9.17) is 23.2 Å². The Kier molecular flexibility index (Phi) is 6.10. The highest BCUT2D eigenvalue weighted by Crippen LogP contribution is 2.21. The van der Waals surface area contributed by atoms with Crippen molar-refractivity contribution in [2.75, 3.05) is 46.8 Å². The van der Waals surface area contributed by atoms with E-state index in [1.165, 1.54) is 8.61 Å². The predicted octanol–water partition coefficient (Wildman–Crippen LogP) is 1.96. The number of piperazine rings is 1. The van der Waals surface area contributed by atoms with E-state index in [-0.39, 0.29) is 0 Å². The van der Waals surface area contributed by atoms with E-state index in [1.54, 1.807) is 20.2 Å². The van der Waals surface area contributed by atoms with Gasteiger partial charge in [-0.15, -0.1) is 0 Å². The molecule has 0 radical (unpaired) electrons. The van der Waals surface area contributed by atoms with E-state index >= 15 is 0 Å². The van der Waals surface area contributed by atoms with Crippen molar-refractivity contribution < 1.29 is 8.42 Å². The van der Waals surface area contributed by atoms with Crippen molar-refractivity contribution in [1.29, 1.82) is 0 Å². The number of rotatable bonds is 5. The van der Waals surface area contributed by atoms with Crippen LogP contribution in [0.1, 0.15) is 5.56 Å². The summed E-state index contributed by atoms with van der Waals surface area (Å²) in [6, 6.07) is 5.53. The minimum atomic E-state index is -3.30. The van der Waals surface area contributed by atoms with Crippen molar-refractivity contribution >= 4 is 33.4 Å². The Balaban J connectivity index is 1.85. The smallest absolute Gasteiger partial charge is 0.281 e. The summed E-state index contributed by atoms with van der Waals surface area (Å²) >= 11 is 12.1. The maximum absolute atomic E-state index is 12.1. The van der Waals surface area contributed by atoms with Crippen LogP contribution in [0.25, 0.3) is 0 Å². The van der Waals surface area contributed by atoms with Crippen LogP contribution >= 0.6 is 23.2 Å². The minimum Gasteiger partial charge on any atom is -0.300 e. The molecule has 0 spiro atoms. The van der Waals surface area contributed by atoms with Crippen molar-refractivity contribution in [1.82, 2.24) is 13.5 Å². The lowest BCUT2D eigenvalue weighted by molar-refractivity contribution is 0.185. The summed E-state index contributed by atoms with van der Waals surface area (Å²) < 4.78 is 26.9. The lowest BCUT2D eigenvalue weighted by Crippen LogP contribution is -2.51. The summed E-state index contributed by atoms with van der Waals surface area (Å²) in [5.74, 6) is 0. The molecule has 124 valence electrons. The first-order valence-electron chi connectivity index (χ1n) is 7.14. The summed E-state index contributed by atoms with van der Waals surface area (Å²) in [7, 11) is -0.178. The van der Waals surface area contributed by atoms with Crippen molar-refractivity contribution in [2.24, 2.45) is 0 Å². The Labute approximate surface area is 142 Å². The molecule has 1 heterocycles.